The van der Waals surface area contributed by atoms with Gasteiger partial charge >= 0.3 is 17.8 Å². The quantitative estimate of drug-likeness (QED) is 0.495. The third-order valence-electron chi connectivity index (χ3n) is 3.40. The average Bonchev–Trinajstić information content (AvgIpc) is 2.62. The molecule has 0 fully saturated rings. The Morgan fingerprint density at radius 3 is 1.43 bits per heavy atom. The van der Waals surface area contributed by atoms with Crippen molar-refractivity contribution >= 4 is 17.8 Å². The SMILES string of the molecule is C=C[Si](C)(OC(C)C)OC(C)C.C[SiH](Oc1ccccc1)Oc1ccccc1. The van der Waals surface area contributed by atoms with Crippen LogP contribution in [-0.4, -0.2) is 30.1 Å². The molecule has 4 nitrogen and oxygen atoms in total. The summed E-state index contributed by atoms with van der Waals surface area (Å²) >= 11 is 0. The summed E-state index contributed by atoms with van der Waals surface area (Å²) in [6.45, 7) is 15.8. The molecule has 0 aliphatic carbocycles. The molecule has 0 saturated carbocycles. The second kappa shape index (κ2) is 12.6. The second-order valence-corrected chi connectivity index (χ2v) is 11.5. The smallest absolute Gasteiger partial charge is 0.440 e. The molecule has 2 rings (SSSR count). The average molecular weight is 419 g/mol. The monoisotopic (exact) mass is 418 g/mol. The van der Waals surface area contributed by atoms with Crippen LogP contribution in [-0.2, 0) is 8.85 Å². The largest absolute Gasteiger partial charge is 0.514 e. The van der Waals surface area contributed by atoms with Gasteiger partial charge in [0.15, 0.2) is 0 Å². The van der Waals surface area contributed by atoms with Crippen LogP contribution < -0.4 is 8.85 Å². The third kappa shape index (κ3) is 10.5. The fraction of sp³-hybridized carbons (Fsp3) is 0.364. The van der Waals surface area contributed by atoms with Crippen molar-refractivity contribution in [2.45, 2.75) is 53.0 Å². The molecule has 0 unspecified atom stereocenters. The zero-order chi connectivity index (χ0) is 21.0. The van der Waals surface area contributed by atoms with Crippen molar-refractivity contribution in [3.8, 4) is 11.5 Å². The van der Waals surface area contributed by atoms with Crippen molar-refractivity contribution in [1.29, 1.82) is 0 Å². The summed E-state index contributed by atoms with van der Waals surface area (Å²) in [5.41, 5.74) is 1.83. The minimum atomic E-state index is -2.09. The number of hydrogen-bond acceptors (Lipinski definition) is 4. The highest BCUT2D eigenvalue weighted by Gasteiger charge is 2.29. The molecule has 0 aliphatic rings. The first-order valence-corrected chi connectivity index (χ1v) is 14.2. The van der Waals surface area contributed by atoms with Gasteiger partial charge in [-0.25, -0.2) is 0 Å². The molecule has 6 heteroatoms. The van der Waals surface area contributed by atoms with E-state index in [1.807, 2.05) is 107 Å². The Labute approximate surface area is 173 Å². The van der Waals surface area contributed by atoms with Crippen LogP contribution in [0.2, 0.25) is 13.1 Å². The molecule has 0 spiro atoms. The van der Waals surface area contributed by atoms with E-state index < -0.39 is 17.8 Å². The van der Waals surface area contributed by atoms with Crippen LogP contribution in [0, 0.1) is 0 Å². The standard InChI is InChI=1S/C13H14O2Si.C9H20O2Si/c1-16(14-12-8-4-2-5-9-12)15-13-10-6-3-7-11-13;1-7-12(6,10-8(2)3)11-9(4)5/h2-11,16H,1H3;7-9H,1H2,2-6H3. The molecule has 0 atom stereocenters. The molecule has 0 N–H and O–H groups in total. The van der Waals surface area contributed by atoms with Gasteiger partial charge in [0.1, 0.15) is 11.5 Å². The van der Waals surface area contributed by atoms with E-state index in [1.54, 1.807) is 0 Å². The van der Waals surface area contributed by atoms with Crippen molar-refractivity contribution in [3.05, 3.63) is 72.9 Å². The highest BCUT2D eigenvalue weighted by molar-refractivity contribution is 6.71. The molecule has 0 bridgehead atoms. The van der Waals surface area contributed by atoms with E-state index in [2.05, 4.69) is 6.58 Å². The molecule has 0 heterocycles. The molecule has 0 saturated heterocycles. The van der Waals surface area contributed by atoms with E-state index in [1.165, 1.54) is 0 Å². The number of hydrogen-bond donors (Lipinski definition) is 0. The first-order chi connectivity index (χ1) is 13.2. The fourth-order valence-corrected chi connectivity index (χ4v) is 5.71. The summed E-state index contributed by atoms with van der Waals surface area (Å²) in [6, 6.07) is 19.5. The predicted octanol–water partition coefficient (Wildman–Crippen LogP) is 5.63. The minimum Gasteiger partial charge on any atom is -0.514 e. The zero-order valence-electron chi connectivity index (χ0n) is 17.9. The molecular formula is C22H34O4Si2. The van der Waals surface area contributed by atoms with Crippen LogP contribution >= 0.6 is 0 Å². The van der Waals surface area contributed by atoms with Gasteiger partial charge in [0, 0.05) is 12.2 Å². The predicted molar refractivity (Wildman–Crippen MR) is 121 cm³/mol. The van der Waals surface area contributed by atoms with E-state index in [4.69, 9.17) is 17.7 Å². The van der Waals surface area contributed by atoms with Crippen molar-refractivity contribution in [2.24, 2.45) is 0 Å². The lowest BCUT2D eigenvalue weighted by Gasteiger charge is -2.27. The van der Waals surface area contributed by atoms with Gasteiger partial charge in [-0.3, -0.25) is 0 Å². The summed E-state index contributed by atoms with van der Waals surface area (Å²) < 4.78 is 22.9. The van der Waals surface area contributed by atoms with Crippen molar-refractivity contribution in [2.75, 3.05) is 0 Å². The van der Waals surface area contributed by atoms with Gasteiger partial charge < -0.3 is 17.7 Å². The lowest BCUT2D eigenvalue weighted by molar-refractivity contribution is 0.119. The molecular weight excluding hydrogens is 384 g/mol. The van der Waals surface area contributed by atoms with E-state index >= 15 is 0 Å². The Kier molecular flexibility index (Phi) is 10.8. The molecule has 154 valence electrons. The van der Waals surface area contributed by atoms with Crippen molar-refractivity contribution in [3.63, 3.8) is 0 Å². The van der Waals surface area contributed by atoms with Crippen molar-refractivity contribution in [1.82, 2.24) is 0 Å². The third-order valence-corrected chi connectivity index (χ3v) is 7.23. The number of para-hydroxylation sites is 2. The molecule has 2 aromatic carbocycles. The van der Waals surface area contributed by atoms with Gasteiger partial charge in [-0.2, -0.15) is 0 Å². The molecule has 2 aromatic rings. The molecule has 0 radical (unpaired) electrons. The second-order valence-electron chi connectivity index (χ2n) is 6.98. The van der Waals surface area contributed by atoms with Crippen LogP contribution in [0.1, 0.15) is 27.7 Å². The Morgan fingerprint density at radius 2 is 1.14 bits per heavy atom. The summed E-state index contributed by atoms with van der Waals surface area (Å²) in [6.07, 6.45) is 0.414. The van der Waals surface area contributed by atoms with Crippen LogP contribution in [0.4, 0.5) is 0 Å². The fourth-order valence-electron chi connectivity index (χ4n) is 2.47. The summed E-state index contributed by atoms with van der Waals surface area (Å²) in [5, 5.41) is 0. The summed E-state index contributed by atoms with van der Waals surface area (Å²) in [7, 11) is -3.74. The first-order valence-electron chi connectivity index (χ1n) is 9.66. The number of benzene rings is 2. The van der Waals surface area contributed by atoms with E-state index in [-0.39, 0.29) is 12.2 Å². The van der Waals surface area contributed by atoms with Crippen LogP contribution in [0.25, 0.3) is 0 Å². The zero-order valence-corrected chi connectivity index (χ0v) is 20.1. The number of rotatable bonds is 9. The first kappa shape index (κ1) is 24.2. The topological polar surface area (TPSA) is 36.9 Å². The van der Waals surface area contributed by atoms with Gasteiger partial charge in [-0.05, 0) is 70.8 Å². The Balaban J connectivity index is 0.000000295. The highest BCUT2D eigenvalue weighted by Crippen LogP contribution is 2.14. The lowest BCUT2D eigenvalue weighted by atomic mass is 10.3. The Bertz CT molecular complexity index is 611. The highest BCUT2D eigenvalue weighted by atomic mass is 28.4. The molecule has 28 heavy (non-hydrogen) atoms. The lowest BCUT2D eigenvalue weighted by Crippen LogP contribution is -2.41. The van der Waals surface area contributed by atoms with Gasteiger partial charge in [-0.1, -0.05) is 36.4 Å². The van der Waals surface area contributed by atoms with E-state index in [0.29, 0.717) is 0 Å². The van der Waals surface area contributed by atoms with Gasteiger partial charge in [0.05, 0.1) is 0 Å². The normalized spacial score (nSPS) is 11.2. The molecule has 0 aliphatic heterocycles. The summed E-state index contributed by atoms with van der Waals surface area (Å²) in [5.74, 6) is 1.75. The van der Waals surface area contributed by atoms with Crippen LogP contribution in [0.3, 0.4) is 0 Å². The Hall–Kier alpha value is -1.87. The summed E-state index contributed by atoms with van der Waals surface area (Å²) in [4.78, 5) is 0. The van der Waals surface area contributed by atoms with Gasteiger partial charge in [0.25, 0.3) is 0 Å². The molecule has 0 aromatic heterocycles. The van der Waals surface area contributed by atoms with Crippen LogP contribution in [0.15, 0.2) is 72.9 Å². The maximum atomic E-state index is 5.73. The van der Waals surface area contributed by atoms with Gasteiger partial charge in [0.2, 0.25) is 0 Å². The molecule has 0 amide bonds. The van der Waals surface area contributed by atoms with E-state index in [0.717, 1.165) is 11.5 Å². The van der Waals surface area contributed by atoms with Crippen molar-refractivity contribution < 1.29 is 17.7 Å². The Morgan fingerprint density at radius 1 is 0.786 bits per heavy atom. The van der Waals surface area contributed by atoms with Gasteiger partial charge in [-0.15, -0.1) is 6.58 Å². The minimum absolute atomic E-state index is 0.207. The maximum Gasteiger partial charge on any atom is 0.440 e. The van der Waals surface area contributed by atoms with E-state index in [9.17, 15) is 0 Å². The maximum absolute atomic E-state index is 5.73. The van der Waals surface area contributed by atoms with Crippen LogP contribution in [0.5, 0.6) is 11.5 Å².